The minimum absolute atomic E-state index is 0.233. The Labute approximate surface area is 103 Å². The Morgan fingerprint density at radius 3 is 2.82 bits per heavy atom. The fourth-order valence-corrected chi connectivity index (χ4v) is 2.26. The van der Waals surface area contributed by atoms with Gasteiger partial charge in [0.25, 0.3) is 0 Å². The van der Waals surface area contributed by atoms with E-state index in [1.807, 2.05) is 11.0 Å². The molecule has 17 heavy (non-hydrogen) atoms. The van der Waals surface area contributed by atoms with Gasteiger partial charge in [-0.15, -0.1) is 0 Å². The summed E-state index contributed by atoms with van der Waals surface area (Å²) < 4.78 is 0. The number of rotatable bonds is 4. The van der Waals surface area contributed by atoms with Crippen LogP contribution in [0.15, 0.2) is 30.3 Å². The van der Waals surface area contributed by atoms with E-state index in [0.29, 0.717) is 12.6 Å². The highest BCUT2D eigenvalue weighted by molar-refractivity contribution is 5.79. The number of nitrogens with zero attached hydrogens (tertiary/aromatic N) is 1. The van der Waals surface area contributed by atoms with Crippen molar-refractivity contribution in [2.45, 2.75) is 25.8 Å². The van der Waals surface area contributed by atoms with Crippen molar-refractivity contribution in [3.63, 3.8) is 0 Å². The first-order valence-electron chi connectivity index (χ1n) is 6.31. The molecule has 0 saturated carbocycles. The summed E-state index contributed by atoms with van der Waals surface area (Å²) in [5, 5.41) is 3.10. The summed E-state index contributed by atoms with van der Waals surface area (Å²) >= 11 is 0. The topological polar surface area (TPSA) is 32.3 Å². The number of carbonyl (C=O) groups is 1. The minimum atomic E-state index is 0.233. The van der Waals surface area contributed by atoms with Crippen LogP contribution in [0.25, 0.3) is 0 Å². The summed E-state index contributed by atoms with van der Waals surface area (Å²) in [5.74, 6) is 0.233. The first kappa shape index (κ1) is 12.1. The third-order valence-corrected chi connectivity index (χ3v) is 3.35. The highest BCUT2D eigenvalue weighted by Crippen LogP contribution is 2.11. The maximum Gasteiger partial charge on any atom is 0.236 e. The van der Waals surface area contributed by atoms with Gasteiger partial charge < -0.3 is 10.2 Å². The van der Waals surface area contributed by atoms with Crippen molar-refractivity contribution >= 4 is 5.91 Å². The molecule has 1 amide bonds. The van der Waals surface area contributed by atoms with Gasteiger partial charge in [-0.05, 0) is 25.3 Å². The maximum absolute atomic E-state index is 11.7. The minimum Gasteiger partial charge on any atom is -0.338 e. The summed E-state index contributed by atoms with van der Waals surface area (Å²) in [6.07, 6.45) is 2.08. The first-order valence-corrected chi connectivity index (χ1v) is 6.31. The van der Waals surface area contributed by atoms with Crippen LogP contribution in [0.2, 0.25) is 0 Å². The lowest BCUT2D eigenvalue weighted by Gasteiger charge is -2.33. The smallest absolute Gasteiger partial charge is 0.236 e. The molecule has 1 fully saturated rings. The molecule has 92 valence electrons. The Hall–Kier alpha value is -1.35. The second kappa shape index (κ2) is 5.82. The zero-order chi connectivity index (χ0) is 12.1. The van der Waals surface area contributed by atoms with E-state index in [-0.39, 0.29) is 5.91 Å². The summed E-state index contributed by atoms with van der Waals surface area (Å²) in [7, 11) is 0. The van der Waals surface area contributed by atoms with E-state index in [1.54, 1.807) is 0 Å². The third-order valence-electron chi connectivity index (χ3n) is 3.35. The van der Waals surface area contributed by atoms with Crippen molar-refractivity contribution in [1.82, 2.24) is 10.2 Å². The summed E-state index contributed by atoms with van der Waals surface area (Å²) in [6, 6.07) is 10.8. The number of hydrogen-bond acceptors (Lipinski definition) is 2. The molecule has 3 heteroatoms. The van der Waals surface area contributed by atoms with Crippen molar-refractivity contribution in [3.8, 4) is 0 Å². The number of aryl methyl sites for hydroxylation is 1. The second-order valence-corrected chi connectivity index (χ2v) is 4.64. The van der Waals surface area contributed by atoms with Crippen LogP contribution in [-0.2, 0) is 11.2 Å². The largest absolute Gasteiger partial charge is 0.338 e. The zero-order valence-electron chi connectivity index (χ0n) is 10.4. The Balaban J connectivity index is 1.84. The third kappa shape index (κ3) is 3.30. The van der Waals surface area contributed by atoms with Crippen LogP contribution in [0, 0.1) is 0 Å². The van der Waals surface area contributed by atoms with E-state index in [0.717, 1.165) is 25.9 Å². The molecule has 1 aromatic rings. The quantitative estimate of drug-likeness (QED) is 0.852. The molecule has 1 aromatic carbocycles. The second-order valence-electron chi connectivity index (χ2n) is 4.64. The monoisotopic (exact) mass is 232 g/mol. The molecule has 1 atom stereocenters. The van der Waals surface area contributed by atoms with Gasteiger partial charge in [0, 0.05) is 19.1 Å². The average Bonchev–Trinajstić information content (AvgIpc) is 2.38. The molecule has 0 bridgehead atoms. The molecular formula is C14H20N2O. The predicted octanol–water partition coefficient (Wildman–Crippen LogP) is 1.44. The lowest BCUT2D eigenvalue weighted by Crippen LogP contribution is -2.51. The molecule has 3 nitrogen and oxygen atoms in total. The molecule has 1 N–H and O–H groups in total. The number of hydrogen-bond donors (Lipinski definition) is 1. The van der Waals surface area contributed by atoms with Gasteiger partial charge in [-0.3, -0.25) is 4.79 Å². The van der Waals surface area contributed by atoms with E-state index in [9.17, 15) is 4.79 Å². The van der Waals surface area contributed by atoms with E-state index >= 15 is 0 Å². The maximum atomic E-state index is 11.7. The van der Waals surface area contributed by atoms with E-state index < -0.39 is 0 Å². The molecule has 1 saturated heterocycles. The number of amides is 1. The van der Waals surface area contributed by atoms with Gasteiger partial charge in [0.1, 0.15) is 0 Å². The molecule has 0 spiro atoms. The Morgan fingerprint density at radius 1 is 1.35 bits per heavy atom. The van der Waals surface area contributed by atoms with Crippen molar-refractivity contribution in [1.29, 1.82) is 0 Å². The lowest BCUT2D eigenvalue weighted by atomic mass is 10.0. The normalized spacial score (nSPS) is 18.2. The Kier molecular flexibility index (Phi) is 4.15. The molecule has 0 aromatic heterocycles. The van der Waals surface area contributed by atoms with Gasteiger partial charge in [-0.2, -0.15) is 0 Å². The van der Waals surface area contributed by atoms with Gasteiger partial charge in [0.05, 0.1) is 6.54 Å². The van der Waals surface area contributed by atoms with E-state index in [1.165, 1.54) is 5.56 Å². The molecule has 2 rings (SSSR count). The number of carbonyl (C=O) groups excluding carboxylic acids is 1. The highest BCUT2D eigenvalue weighted by Gasteiger charge is 2.22. The van der Waals surface area contributed by atoms with Crippen molar-refractivity contribution in [2.24, 2.45) is 0 Å². The number of benzene rings is 1. The molecule has 1 heterocycles. The van der Waals surface area contributed by atoms with Crippen molar-refractivity contribution in [2.75, 3.05) is 19.6 Å². The van der Waals surface area contributed by atoms with E-state index in [4.69, 9.17) is 0 Å². The number of nitrogens with one attached hydrogen (secondary N) is 1. The summed E-state index contributed by atoms with van der Waals surface area (Å²) in [4.78, 5) is 13.7. The Bertz CT molecular complexity index is 364. The van der Waals surface area contributed by atoms with Crippen LogP contribution >= 0.6 is 0 Å². The van der Waals surface area contributed by atoms with E-state index in [2.05, 4.69) is 36.5 Å². The van der Waals surface area contributed by atoms with Crippen LogP contribution in [0.1, 0.15) is 18.9 Å². The molecule has 0 aliphatic carbocycles. The fraction of sp³-hybridized carbons (Fsp3) is 0.500. The van der Waals surface area contributed by atoms with Crippen LogP contribution < -0.4 is 5.32 Å². The first-order chi connectivity index (χ1) is 8.27. The zero-order valence-corrected chi connectivity index (χ0v) is 10.4. The van der Waals surface area contributed by atoms with Crippen LogP contribution in [0.4, 0.5) is 0 Å². The van der Waals surface area contributed by atoms with Crippen molar-refractivity contribution in [3.05, 3.63) is 35.9 Å². The fourth-order valence-electron chi connectivity index (χ4n) is 2.26. The van der Waals surface area contributed by atoms with Crippen LogP contribution in [-0.4, -0.2) is 36.5 Å². The van der Waals surface area contributed by atoms with Gasteiger partial charge in [-0.25, -0.2) is 0 Å². The van der Waals surface area contributed by atoms with Crippen LogP contribution in [0.3, 0.4) is 0 Å². The lowest BCUT2D eigenvalue weighted by molar-refractivity contribution is -0.134. The van der Waals surface area contributed by atoms with Gasteiger partial charge in [-0.1, -0.05) is 30.3 Å². The summed E-state index contributed by atoms with van der Waals surface area (Å²) in [6.45, 7) is 4.40. The SMILES string of the molecule is CC(CCc1ccccc1)N1CCNCC1=O. The van der Waals surface area contributed by atoms with Gasteiger partial charge in [0.2, 0.25) is 5.91 Å². The van der Waals surface area contributed by atoms with Gasteiger partial charge in [0.15, 0.2) is 0 Å². The highest BCUT2D eigenvalue weighted by atomic mass is 16.2. The summed E-state index contributed by atoms with van der Waals surface area (Å²) in [5.41, 5.74) is 1.35. The molecule has 1 unspecified atom stereocenters. The van der Waals surface area contributed by atoms with Crippen LogP contribution in [0.5, 0.6) is 0 Å². The molecule has 1 aliphatic rings. The molecule has 0 radical (unpaired) electrons. The van der Waals surface area contributed by atoms with Crippen molar-refractivity contribution < 1.29 is 4.79 Å². The predicted molar refractivity (Wildman–Crippen MR) is 68.8 cm³/mol. The number of piperazine rings is 1. The molecule has 1 aliphatic heterocycles. The van der Waals surface area contributed by atoms with Gasteiger partial charge >= 0.3 is 0 Å². The average molecular weight is 232 g/mol. The standard InChI is InChI=1S/C14H20N2O/c1-12(16-10-9-15-11-14(16)17)7-8-13-5-3-2-4-6-13/h2-6,12,15H,7-11H2,1H3. The molecular weight excluding hydrogens is 212 g/mol. The Morgan fingerprint density at radius 2 is 2.12 bits per heavy atom.